The van der Waals surface area contributed by atoms with Gasteiger partial charge in [0, 0.05) is 18.3 Å². The maximum Gasteiger partial charge on any atom is 0.250 e. The molecule has 0 unspecified atom stereocenters. The number of hydrogen-bond acceptors (Lipinski definition) is 3. The van der Waals surface area contributed by atoms with E-state index >= 15 is 0 Å². The summed E-state index contributed by atoms with van der Waals surface area (Å²) in [6, 6.07) is 11.1. The number of halogens is 1. The minimum Gasteiger partial charge on any atom is -0.495 e. The molecule has 5 nitrogen and oxygen atoms in total. The normalized spacial score (nSPS) is 19.5. The molecular formula is C26H26FN3O2. The molecule has 6 heteroatoms. The highest BCUT2D eigenvalue weighted by Gasteiger charge is 2.35. The Bertz CT molecular complexity index is 1210. The molecule has 0 bridgehead atoms. The van der Waals surface area contributed by atoms with Gasteiger partial charge >= 0.3 is 0 Å². The summed E-state index contributed by atoms with van der Waals surface area (Å²) in [5, 5.41) is 0. The molecule has 2 aliphatic rings. The summed E-state index contributed by atoms with van der Waals surface area (Å²) >= 11 is 0. The van der Waals surface area contributed by atoms with Gasteiger partial charge in [-0.1, -0.05) is 18.2 Å². The molecule has 2 aromatic carbocycles. The Morgan fingerprint density at radius 3 is 2.88 bits per heavy atom. The molecule has 32 heavy (non-hydrogen) atoms. The van der Waals surface area contributed by atoms with E-state index in [1.807, 2.05) is 52.9 Å². The smallest absolute Gasteiger partial charge is 0.250 e. The number of likely N-dealkylation sites (tertiary alicyclic amines) is 1. The molecule has 1 atom stereocenters. The molecule has 2 heterocycles. The van der Waals surface area contributed by atoms with Gasteiger partial charge in [0.1, 0.15) is 11.6 Å². The van der Waals surface area contributed by atoms with Crippen molar-refractivity contribution in [3.8, 4) is 11.4 Å². The Morgan fingerprint density at radius 2 is 2.09 bits per heavy atom. The average Bonchev–Trinajstić information content (AvgIpc) is 3.42. The van der Waals surface area contributed by atoms with Crippen molar-refractivity contribution in [2.75, 3.05) is 13.7 Å². The van der Waals surface area contributed by atoms with Crippen LogP contribution in [0.2, 0.25) is 0 Å². The number of rotatable bonds is 4. The first-order valence-corrected chi connectivity index (χ1v) is 11.0. The van der Waals surface area contributed by atoms with Crippen LogP contribution in [0.1, 0.15) is 47.7 Å². The minimum absolute atomic E-state index is 0.0432. The maximum absolute atomic E-state index is 14.2. The Hall–Kier alpha value is -3.41. The number of nitrogens with zero attached hydrogens (tertiary/aromatic N) is 3. The van der Waals surface area contributed by atoms with E-state index in [9.17, 15) is 9.18 Å². The van der Waals surface area contributed by atoms with E-state index in [1.165, 1.54) is 6.07 Å². The van der Waals surface area contributed by atoms with E-state index in [0.29, 0.717) is 13.0 Å². The molecule has 1 aromatic heterocycles. The average molecular weight is 432 g/mol. The van der Waals surface area contributed by atoms with Crippen molar-refractivity contribution in [1.29, 1.82) is 0 Å². The van der Waals surface area contributed by atoms with Crippen LogP contribution in [0, 0.1) is 12.7 Å². The first-order chi connectivity index (χ1) is 15.5. The fraction of sp³-hybridized carbons (Fsp3) is 0.308. The quantitative estimate of drug-likeness (QED) is 0.545. The zero-order valence-corrected chi connectivity index (χ0v) is 18.3. The highest BCUT2D eigenvalue weighted by atomic mass is 19.1. The molecule has 3 aromatic rings. The fourth-order valence-electron chi connectivity index (χ4n) is 4.93. The zero-order valence-electron chi connectivity index (χ0n) is 18.3. The number of benzene rings is 2. The van der Waals surface area contributed by atoms with E-state index in [1.54, 1.807) is 19.5 Å². The number of carbonyl (C=O) groups is 1. The number of hydrogen-bond donors (Lipinski definition) is 0. The zero-order chi connectivity index (χ0) is 22.2. The van der Waals surface area contributed by atoms with Crippen LogP contribution in [0.15, 0.2) is 54.5 Å². The lowest BCUT2D eigenvalue weighted by molar-refractivity contribution is -0.131. The van der Waals surface area contributed by atoms with Crippen LogP contribution in [0.5, 0.6) is 5.75 Å². The molecule has 0 radical (unpaired) electrons. The van der Waals surface area contributed by atoms with Gasteiger partial charge in [-0.3, -0.25) is 4.79 Å². The molecule has 1 amide bonds. The summed E-state index contributed by atoms with van der Waals surface area (Å²) in [6.07, 6.45) is 8.77. The molecule has 1 fully saturated rings. The molecule has 5 rings (SSSR count). The van der Waals surface area contributed by atoms with Gasteiger partial charge < -0.3 is 14.2 Å². The van der Waals surface area contributed by atoms with Crippen molar-refractivity contribution in [3.63, 3.8) is 0 Å². The molecule has 1 aliphatic carbocycles. The van der Waals surface area contributed by atoms with E-state index in [2.05, 4.69) is 4.98 Å². The molecule has 0 saturated carbocycles. The molecule has 164 valence electrons. The van der Waals surface area contributed by atoms with Crippen molar-refractivity contribution in [2.24, 2.45) is 0 Å². The van der Waals surface area contributed by atoms with Crippen LogP contribution >= 0.6 is 0 Å². The second-order valence-corrected chi connectivity index (χ2v) is 8.49. The number of carbonyl (C=O) groups excluding carboxylic acids is 1. The van der Waals surface area contributed by atoms with Crippen LogP contribution < -0.4 is 4.74 Å². The number of aryl methyl sites for hydroxylation is 1. The number of ether oxygens (including phenoxy) is 1. The number of amides is 1. The van der Waals surface area contributed by atoms with E-state index in [-0.39, 0.29) is 17.8 Å². The molecule has 1 aliphatic heterocycles. The van der Waals surface area contributed by atoms with Crippen LogP contribution in [0.3, 0.4) is 0 Å². The van der Waals surface area contributed by atoms with Crippen molar-refractivity contribution >= 4 is 12.0 Å². The summed E-state index contributed by atoms with van der Waals surface area (Å²) in [6.45, 7) is 2.65. The van der Waals surface area contributed by atoms with Crippen molar-refractivity contribution in [2.45, 2.75) is 38.6 Å². The number of imidazole rings is 1. The minimum atomic E-state index is -0.162. The lowest BCUT2D eigenvalue weighted by atomic mass is 9.97. The largest absolute Gasteiger partial charge is 0.495 e. The van der Waals surface area contributed by atoms with Crippen LogP contribution in [0.25, 0.3) is 11.8 Å². The van der Waals surface area contributed by atoms with Gasteiger partial charge in [0.05, 0.1) is 30.9 Å². The Labute approximate surface area is 187 Å². The second-order valence-electron chi connectivity index (χ2n) is 8.49. The molecule has 1 saturated heterocycles. The summed E-state index contributed by atoms with van der Waals surface area (Å²) in [5.41, 5.74) is 5.26. The third kappa shape index (κ3) is 3.60. The van der Waals surface area contributed by atoms with Gasteiger partial charge in [-0.05, 0) is 73.6 Å². The summed E-state index contributed by atoms with van der Waals surface area (Å²) < 4.78 is 21.7. The summed E-state index contributed by atoms with van der Waals surface area (Å²) in [4.78, 5) is 19.6. The maximum atomic E-state index is 14.2. The molecule has 0 spiro atoms. The Morgan fingerprint density at radius 1 is 1.22 bits per heavy atom. The molecular weight excluding hydrogens is 405 g/mol. The lowest BCUT2D eigenvalue weighted by Gasteiger charge is -2.34. The number of aromatic nitrogens is 2. The topological polar surface area (TPSA) is 47.4 Å². The highest BCUT2D eigenvalue weighted by molar-refractivity contribution is 5.99. The van der Waals surface area contributed by atoms with Gasteiger partial charge in [-0.15, -0.1) is 0 Å². The van der Waals surface area contributed by atoms with Crippen LogP contribution in [-0.2, 0) is 11.2 Å². The van der Waals surface area contributed by atoms with E-state index in [0.717, 1.165) is 58.7 Å². The summed E-state index contributed by atoms with van der Waals surface area (Å²) in [5.74, 6) is 0.606. The Balaban J connectivity index is 1.42. The summed E-state index contributed by atoms with van der Waals surface area (Å²) in [7, 11) is 1.64. The monoisotopic (exact) mass is 431 g/mol. The Kier molecular flexibility index (Phi) is 5.29. The van der Waals surface area contributed by atoms with E-state index in [4.69, 9.17) is 4.74 Å². The standard InChI is InChI=1S/C26H26FN3O2/c1-17-15-29(16-28-17)24-10-8-18(14-25(24)32-2)13-19-5-4-12-30(26(19)31)23-11-9-20-21(23)6-3-7-22(20)27/h3,6-8,10,13-16,23H,4-5,9,11-12H2,1-2H3/t23-/m0/s1. The third-order valence-electron chi connectivity index (χ3n) is 6.47. The number of piperidine rings is 1. The predicted molar refractivity (Wildman–Crippen MR) is 121 cm³/mol. The molecule has 0 N–H and O–H groups in total. The van der Waals surface area contributed by atoms with E-state index < -0.39 is 0 Å². The van der Waals surface area contributed by atoms with Gasteiger partial charge in [-0.2, -0.15) is 0 Å². The second kappa shape index (κ2) is 8.26. The number of fused-ring (bicyclic) bond motifs is 1. The van der Waals surface area contributed by atoms with Crippen LogP contribution in [0.4, 0.5) is 4.39 Å². The fourth-order valence-corrected chi connectivity index (χ4v) is 4.93. The van der Waals surface area contributed by atoms with Gasteiger partial charge in [0.2, 0.25) is 5.91 Å². The third-order valence-corrected chi connectivity index (χ3v) is 6.47. The SMILES string of the molecule is COc1cc(C=C2CCCN([C@H]3CCc4c(F)cccc43)C2=O)ccc1-n1cnc(C)c1. The van der Waals surface area contributed by atoms with Gasteiger partial charge in [0.25, 0.3) is 0 Å². The first kappa shape index (κ1) is 20.5. The predicted octanol–water partition coefficient (Wildman–Crippen LogP) is 5.02. The van der Waals surface area contributed by atoms with Crippen molar-refractivity contribution in [3.05, 3.63) is 82.7 Å². The lowest BCUT2D eigenvalue weighted by Crippen LogP contribution is -2.39. The first-order valence-electron chi connectivity index (χ1n) is 11.0. The van der Waals surface area contributed by atoms with Crippen molar-refractivity contribution in [1.82, 2.24) is 14.5 Å². The van der Waals surface area contributed by atoms with Crippen molar-refractivity contribution < 1.29 is 13.9 Å². The highest BCUT2D eigenvalue weighted by Crippen LogP contribution is 2.39. The van der Waals surface area contributed by atoms with Crippen LogP contribution in [-0.4, -0.2) is 34.0 Å². The van der Waals surface area contributed by atoms with Gasteiger partial charge in [-0.25, -0.2) is 9.37 Å². The van der Waals surface area contributed by atoms with Gasteiger partial charge in [0.15, 0.2) is 0 Å². The number of methoxy groups -OCH3 is 1.